The Morgan fingerprint density at radius 2 is 1.86 bits per heavy atom. The molecule has 2 N–H and O–H groups in total. The molecule has 1 aromatic rings. The predicted molar refractivity (Wildman–Crippen MR) is 114 cm³/mol. The first-order valence-corrected chi connectivity index (χ1v) is 8.64. The number of benzene rings is 1. The molecule has 0 heterocycles. The summed E-state index contributed by atoms with van der Waals surface area (Å²) < 4.78 is 41.2. The van der Waals surface area contributed by atoms with E-state index in [4.69, 9.17) is 0 Å². The third-order valence-corrected chi connectivity index (χ3v) is 3.65. The maximum Gasteiger partial charge on any atom is 0.422 e. The number of carbonyl (C=O) groups is 1. The lowest BCUT2D eigenvalue weighted by atomic mass is 10.2. The standard InChI is InChI=1S/C18H27F3N4O2.HI/c1-5-13(2)24-17(23-11-16(26)25(3)4)22-10-14-6-8-15(9-7-14)27-12-18(19,20)21;/h6-9,13H,5,10-12H2,1-4H3,(H2,22,23,24);1H. The number of nitrogens with one attached hydrogen (secondary N) is 2. The zero-order valence-electron chi connectivity index (χ0n) is 16.5. The molecule has 160 valence electrons. The van der Waals surface area contributed by atoms with Gasteiger partial charge >= 0.3 is 6.18 Å². The van der Waals surface area contributed by atoms with Gasteiger partial charge in [0.25, 0.3) is 0 Å². The fraction of sp³-hybridized carbons (Fsp3) is 0.556. The topological polar surface area (TPSA) is 66.0 Å². The van der Waals surface area contributed by atoms with Gasteiger partial charge in [-0.1, -0.05) is 19.1 Å². The predicted octanol–water partition coefficient (Wildman–Crippen LogP) is 3.17. The van der Waals surface area contributed by atoms with E-state index >= 15 is 0 Å². The van der Waals surface area contributed by atoms with Gasteiger partial charge < -0.3 is 20.3 Å². The quantitative estimate of drug-likeness (QED) is 0.317. The summed E-state index contributed by atoms with van der Waals surface area (Å²) in [7, 11) is 3.34. The van der Waals surface area contributed by atoms with Crippen LogP contribution < -0.4 is 15.4 Å². The van der Waals surface area contributed by atoms with E-state index < -0.39 is 12.8 Å². The van der Waals surface area contributed by atoms with E-state index in [1.165, 1.54) is 17.0 Å². The smallest absolute Gasteiger partial charge is 0.422 e. The molecule has 6 nitrogen and oxygen atoms in total. The Kier molecular flexibility index (Phi) is 11.9. The third kappa shape index (κ3) is 11.2. The molecular formula is C18H28F3IN4O2. The van der Waals surface area contributed by atoms with Gasteiger partial charge in [0.2, 0.25) is 5.91 Å². The number of halogens is 4. The number of amides is 1. The highest BCUT2D eigenvalue weighted by Crippen LogP contribution is 2.19. The number of ether oxygens (including phenoxy) is 1. The van der Waals surface area contributed by atoms with E-state index in [0.717, 1.165) is 12.0 Å². The van der Waals surface area contributed by atoms with Crippen molar-refractivity contribution in [3.8, 4) is 5.75 Å². The number of hydrogen-bond acceptors (Lipinski definition) is 3. The van der Waals surface area contributed by atoms with E-state index in [9.17, 15) is 18.0 Å². The average molecular weight is 516 g/mol. The van der Waals surface area contributed by atoms with Crippen LogP contribution in [0.2, 0.25) is 0 Å². The van der Waals surface area contributed by atoms with Gasteiger partial charge in [0, 0.05) is 20.1 Å². The molecule has 10 heteroatoms. The summed E-state index contributed by atoms with van der Waals surface area (Å²) in [5, 5.41) is 6.18. The van der Waals surface area contributed by atoms with Crippen molar-refractivity contribution in [3.05, 3.63) is 29.8 Å². The van der Waals surface area contributed by atoms with E-state index in [1.807, 2.05) is 13.8 Å². The van der Waals surface area contributed by atoms with Gasteiger partial charge in [-0.2, -0.15) is 13.2 Å². The van der Waals surface area contributed by atoms with Gasteiger partial charge in [-0.15, -0.1) is 24.0 Å². The molecule has 0 saturated heterocycles. The molecule has 0 aliphatic rings. The Morgan fingerprint density at radius 1 is 1.25 bits per heavy atom. The molecule has 0 aromatic heterocycles. The van der Waals surface area contributed by atoms with Crippen molar-refractivity contribution in [2.75, 3.05) is 27.2 Å². The fourth-order valence-corrected chi connectivity index (χ4v) is 1.83. The number of rotatable bonds is 8. The molecular weight excluding hydrogens is 488 g/mol. The minimum absolute atomic E-state index is 0. The zero-order chi connectivity index (χ0) is 20.4. The Hall–Kier alpha value is -1.72. The van der Waals surface area contributed by atoms with Crippen molar-refractivity contribution in [1.82, 2.24) is 15.5 Å². The highest BCUT2D eigenvalue weighted by Gasteiger charge is 2.28. The van der Waals surface area contributed by atoms with Gasteiger partial charge in [-0.3, -0.25) is 4.79 Å². The van der Waals surface area contributed by atoms with Crippen LogP contribution >= 0.6 is 24.0 Å². The second kappa shape index (κ2) is 12.7. The summed E-state index contributed by atoms with van der Waals surface area (Å²) in [6.45, 7) is 3.12. The van der Waals surface area contributed by atoms with E-state index in [2.05, 4.69) is 20.4 Å². The van der Waals surface area contributed by atoms with Gasteiger partial charge in [0.1, 0.15) is 5.75 Å². The number of likely N-dealkylation sites (N-methyl/N-ethyl adjacent to an activating group) is 1. The Labute approximate surface area is 180 Å². The average Bonchev–Trinajstić information content (AvgIpc) is 2.61. The number of alkyl halides is 3. The van der Waals surface area contributed by atoms with Crippen molar-refractivity contribution in [3.63, 3.8) is 0 Å². The van der Waals surface area contributed by atoms with Gasteiger partial charge in [-0.25, -0.2) is 4.99 Å². The summed E-state index contributed by atoms with van der Waals surface area (Å²) in [6, 6.07) is 6.43. The Morgan fingerprint density at radius 3 is 2.36 bits per heavy atom. The fourth-order valence-electron chi connectivity index (χ4n) is 1.83. The van der Waals surface area contributed by atoms with E-state index in [1.54, 1.807) is 26.2 Å². The van der Waals surface area contributed by atoms with Crippen LogP contribution in [0.15, 0.2) is 29.3 Å². The maximum atomic E-state index is 12.2. The summed E-state index contributed by atoms with van der Waals surface area (Å²) in [5.41, 5.74) is 0.804. The first-order chi connectivity index (χ1) is 12.6. The first-order valence-electron chi connectivity index (χ1n) is 8.64. The van der Waals surface area contributed by atoms with Crippen LogP contribution in [-0.2, 0) is 11.3 Å². The molecule has 1 aromatic carbocycles. The Balaban J connectivity index is 0.00000729. The highest BCUT2D eigenvalue weighted by molar-refractivity contribution is 14.0. The molecule has 28 heavy (non-hydrogen) atoms. The molecule has 0 saturated carbocycles. The SMILES string of the molecule is CCC(C)NC(=NCc1ccc(OCC(F)(F)F)cc1)NCC(=O)N(C)C.I. The van der Waals surface area contributed by atoms with E-state index in [0.29, 0.717) is 12.5 Å². The zero-order valence-corrected chi connectivity index (χ0v) is 18.8. The van der Waals surface area contributed by atoms with Crippen molar-refractivity contribution in [2.24, 2.45) is 4.99 Å². The van der Waals surface area contributed by atoms with Crippen molar-refractivity contribution in [1.29, 1.82) is 0 Å². The number of carbonyl (C=O) groups excluding carboxylic acids is 1. The molecule has 1 rings (SSSR count). The van der Waals surface area contributed by atoms with Crippen LogP contribution in [0.3, 0.4) is 0 Å². The maximum absolute atomic E-state index is 12.2. The second-order valence-corrected chi connectivity index (χ2v) is 6.31. The van der Waals surface area contributed by atoms with Gasteiger partial charge in [0.15, 0.2) is 12.6 Å². The second-order valence-electron chi connectivity index (χ2n) is 6.31. The molecule has 0 spiro atoms. The minimum atomic E-state index is -4.37. The lowest BCUT2D eigenvalue weighted by molar-refractivity contribution is -0.153. The number of aliphatic imine (C=N–C) groups is 1. The largest absolute Gasteiger partial charge is 0.484 e. The number of nitrogens with zero attached hydrogens (tertiary/aromatic N) is 2. The molecule has 0 aliphatic carbocycles. The van der Waals surface area contributed by atoms with Gasteiger partial charge in [-0.05, 0) is 31.0 Å². The van der Waals surface area contributed by atoms with Crippen LogP contribution in [0.1, 0.15) is 25.8 Å². The van der Waals surface area contributed by atoms with Crippen molar-refractivity contribution >= 4 is 35.8 Å². The molecule has 1 atom stereocenters. The number of guanidine groups is 1. The van der Waals surface area contributed by atoms with Crippen molar-refractivity contribution < 1.29 is 22.7 Å². The third-order valence-electron chi connectivity index (χ3n) is 3.65. The molecule has 0 radical (unpaired) electrons. The summed E-state index contributed by atoms with van der Waals surface area (Å²) in [6.07, 6.45) is -3.48. The summed E-state index contributed by atoms with van der Waals surface area (Å²) in [5.74, 6) is 0.560. The molecule has 0 aliphatic heterocycles. The van der Waals surface area contributed by atoms with Crippen LogP contribution in [-0.4, -0.2) is 56.2 Å². The normalized spacial score (nSPS) is 12.6. The summed E-state index contributed by atoms with van der Waals surface area (Å²) in [4.78, 5) is 17.6. The lowest BCUT2D eigenvalue weighted by Crippen LogP contribution is -2.45. The van der Waals surface area contributed by atoms with Crippen LogP contribution in [0, 0.1) is 0 Å². The monoisotopic (exact) mass is 516 g/mol. The van der Waals surface area contributed by atoms with Crippen LogP contribution in [0.4, 0.5) is 13.2 Å². The molecule has 1 amide bonds. The molecule has 0 bridgehead atoms. The van der Waals surface area contributed by atoms with Gasteiger partial charge in [0.05, 0.1) is 13.1 Å². The highest BCUT2D eigenvalue weighted by atomic mass is 127. The van der Waals surface area contributed by atoms with Crippen LogP contribution in [0.25, 0.3) is 0 Å². The van der Waals surface area contributed by atoms with E-state index in [-0.39, 0.29) is 48.2 Å². The Bertz CT molecular complexity index is 622. The first kappa shape index (κ1) is 26.3. The van der Waals surface area contributed by atoms with Crippen LogP contribution in [0.5, 0.6) is 5.75 Å². The minimum Gasteiger partial charge on any atom is -0.484 e. The van der Waals surface area contributed by atoms with Crippen molar-refractivity contribution in [2.45, 2.75) is 39.0 Å². The molecule has 0 fully saturated rings. The summed E-state index contributed by atoms with van der Waals surface area (Å²) >= 11 is 0. The molecule has 1 unspecified atom stereocenters. The lowest BCUT2D eigenvalue weighted by Gasteiger charge is -2.18. The number of hydrogen-bond donors (Lipinski definition) is 2.